The largest absolute Gasteiger partial charge is 0.760 e. The van der Waals surface area contributed by atoms with E-state index in [1.165, 1.54) is 38.1 Å². The van der Waals surface area contributed by atoms with Crippen molar-refractivity contribution in [1.82, 2.24) is 34.2 Å². The van der Waals surface area contributed by atoms with Crippen molar-refractivity contribution in [3.63, 3.8) is 0 Å². The first kappa shape index (κ1) is 55.8. The first-order chi connectivity index (χ1) is 33.8. The smallest absolute Gasteiger partial charge is 0.474 e. The van der Waals surface area contributed by atoms with E-state index in [0.717, 1.165) is 32.6 Å². The lowest BCUT2D eigenvalue weighted by Crippen LogP contribution is -2.35. The zero-order valence-electron chi connectivity index (χ0n) is 38.5. The van der Waals surface area contributed by atoms with Crippen molar-refractivity contribution in [2.24, 2.45) is 5.92 Å². The summed E-state index contributed by atoms with van der Waals surface area (Å²) in [5.74, 6) is -4.92. The monoisotopic (exact) mass is 1120 g/mol. The molecule has 1 saturated carbocycles. The molecule has 0 saturated heterocycles. The normalized spacial score (nSPS) is 17.6. The number of carbonyl (C=O) groups is 1. The van der Waals surface area contributed by atoms with E-state index < -0.39 is 155 Å². The average molecular weight is 1120 g/mol. The van der Waals surface area contributed by atoms with Gasteiger partial charge in [0.15, 0.2) is 15.5 Å². The molecule has 3 aromatic heterocycles. The minimum atomic E-state index is -5.21. The van der Waals surface area contributed by atoms with Crippen LogP contribution in [0.15, 0.2) is 42.5 Å². The number of hydrogen-bond donors (Lipinski definition) is 1. The molecule has 73 heavy (non-hydrogen) atoms. The Labute approximate surface area is 416 Å². The number of nitrogens with zero attached hydrogens (tertiary/aromatic N) is 6. The molecule has 16 nitrogen and oxygen atoms in total. The van der Waals surface area contributed by atoms with E-state index in [-0.39, 0.29) is 49.6 Å². The number of phosphoric ester groups is 1. The van der Waals surface area contributed by atoms with Gasteiger partial charge in [0.2, 0.25) is 5.91 Å². The number of aromatic nitrogens is 5. The van der Waals surface area contributed by atoms with Crippen LogP contribution in [0.25, 0.3) is 22.0 Å². The zero-order valence-corrected chi connectivity index (χ0v) is 41.8. The lowest BCUT2D eigenvalue weighted by molar-refractivity contribution is -0.143. The van der Waals surface area contributed by atoms with Gasteiger partial charge in [-0.2, -0.15) is 45.3 Å². The highest BCUT2D eigenvalue weighted by atomic mass is 35.5. The van der Waals surface area contributed by atoms with Gasteiger partial charge in [0, 0.05) is 72.3 Å². The lowest BCUT2D eigenvalue weighted by atomic mass is 9.93. The summed E-state index contributed by atoms with van der Waals surface area (Å²) in [6.07, 6.45) is -10.3. The molecule has 0 spiro atoms. The lowest BCUT2D eigenvalue weighted by Gasteiger charge is -2.24. The fourth-order valence-corrected chi connectivity index (χ4v) is 9.88. The number of hydrogen-bond acceptors (Lipinski definition) is 12. The Balaban J connectivity index is 1.42. The summed E-state index contributed by atoms with van der Waals surface area (Å²) in [4.78, 5) is 18.7. The SMILES string of the molecule is COP(=O)(OC)OCCN(Cc1nn(CC(F)(F)F)c2c(-c3ccc(C#CC(C)(C)S(C)(=O)=O)nc3C(Cc3cc(F)cc(F)c3)NC(=O)Cn3nc(C(F)(F)F)c4c3C(F)(F)[C@@H]3C[C@H]43)ccc(Cl)c12)S(=O)[O-]. The molecule has 7 rings (SSSR count). The third-order valence-electron chi connectivity index (χ3n) is 12.0. The van der Waals surface area contributed by atoms with Crippen molar-refractivity contribution < 1.29 is 84.0 Å². The quantitative estimate of drug-likeness (QED) is 0.0382. The Morgan fingerprint density at radius 1 is 1.04 bits per heavy atom. The summed E-state index contributed by atoms with van der Waals surface area (Å²) in [6.45, 7) is -2.63. The third kappa shape index (κ3) is 11.9. The topological polar surface area (TPSA) is 200 Å². The standard InChI is InChI=1S/C43H41ClF10N7O9PS2/c1-40(2,73(5,66)67)11-10-25-6-7-26(27-8-9-30(44)35-32(57-61(37(27)35)21-41(47,48)49)19-59(72(64)65)12-13-70-71(63,68-3)69-4)36(55-25)31(16-22-14-23(45)17-24(46)15-22)56-33(62)20-60-39-34(38(58-60)43(52,53)54)28-18-29(28)42(39,50)51/h6-9,14-15,17,28-29,31H,12-13,16,18-21H2,1-5H3,(H,56,62)(H,64,65)/p-1/t28-,29+,31?/m0/s1. The number of fused-ring (bicyclic) bond motifs is 4. The predicted molar refractivity (Wildman–Crippen MR) is 240 cm³/mol. The minimum Gasteiger partial charge on any atom is -0.760 e. The molecule has 30 heteroatoms. The van der Waals surface area contributed by atoms with Crippen molar-refractivity contribution in [2.45, 2.75) is 81.3 Å². The second-order valence-electron chi connectivity index (χ2n) is 17.4. The predicted octanol–water partition coefficient (Wildman–Crippen LogP) is 8.30. The van der Waals surface area contributed by atoms with E-state index >= 15 is 8.78 Å². The maximum atomic E-state index is 15.6. The van der Waals surface area contributed by atoms with Gasteiger partial charge in [-0.1, -0.05) is 23.6 Å². The molecule has 2 aliphatic rings. The van der Waals surface area contributed by atoms with E-state index in [1.54, 1.807) is 0 Å². The van der Waals surface area contributed by atoms with Gasteiger partial charge >= 0.3 is 20.2 Å². The van der Waals surface area contributed by atoms with Gasteiger partial charge in [-0.05, 0) is 74.4 Å². The fraction of sp³-hybridized carbons (Fsp3) is 0.442. The maximum Gasteiger partial charge on any atom is 0.474 e. The van der Waals surface area contributed by atoms with Gasteiger partial charge in [-0.15, -0.1) is 0 Å². The number of nitrogens with one attached hydrogen (secondary N) is 1. The van der Waals surface area contributed by atoms with E-state index in [1.807, 2.05) is 0 Å². The molecule has 1 N–H and O–H groups in total. The number of sulfone groups is 1. The second kappa shape index (κ2) is 20.3. The molecule has 2 aromatic carbocycles. The van der Waals surface area contributed by atoms with Gasteiger partial charge < -0.3 is 9.87 Å². The average Bonchev–Trinajstić information content (AvgIpc) is 3.79. The second-order valence-corrected chi connectivity index (χ2v) is 23.2. The Kier molecular flexibility index (Phi) is 15.5. The van der Waals surface area contributed by atoms with Crippen molar-refractivity contribution in [2.75, 3.05) is 33.6 Å². The summed E-state index contributed by atoms with van der Waals surface area (Å²) >= 11 is 3.50. The van der Waals surface area contributed by atoms with Crippen LogP contribution in [0.5, 0.6) is 0 Å². The van der Waals surface area contributed by atoms with E-state index in [9.17, 15) is 61.7 Å². The fourth-order valence-electron chi connectivity index (χ4n) is 8.27. The highest BCUT2D eigenvalue weighted by Crippen LogP contribution is 2.68. The highest BCUT2D eigenvalue weighted by molar-refractivity contribution is 7.92. The summed E-state index contributed by atoms with van der Waals surface area (Å²) in [6, 6.07) is 5.18. The van der Waals surface area contributed by atoms with Gasteiger partial charge in [0.25, 0.3) is 5.92 Å². The molecule has 2 unspecified atom stereocenters. The molecule has 0 radical (unpaired) electrons. The third-order valence-corrected chi connectivity index (χ3v) is 16.4. The van der Waals surface area contributed by atoms with Crippen LogP contribution in [0.1, 0.15) is 71.8 Å². The van der Waals surface area contributed by atoms with Crippen molar-refractivity contribution in [1.29, 1.82) is 0 Å². The van der Waals surface area contributed by atoms with Crippen molar-refractivity contribution >= 4 is 57.3 Å². The van der Waals surface area contributed by atoms with Crippen molar-refractivity contribution in [3.05, 3.63) is 98.7 Å². The number of phosphoric acid groups is 1. The first-order valence-corrected chi connectivity index (χ1v) is 26.0. The van der Waals surface area contributed by atoms with E-state index in [2.05, 4.69) is 41.4 Å². The molecule has 0 aliphatic heterocycles. The first-order valence-electron chi connectivity index (χ1n) is 21.3. The molecule has 3 heterocycles. The summed E-state index contributed by atoms with van der Waals surface area (Å²) < 4.78 is 223. The Morgan fingerprint density at radius 3 is 2.27 bits per heavy atom. The van der Waals surface area contributed by atoms with Crippen LogP contribution in [0.3, 0.4) is 0 Å². The molecule has 396 valence electrons. The number of alkyl halides is 8. The Morgan fingerprint density at radius 2 is 1.68 bits per heavy atom. The van der Waals surface area contributed by atoms with Crippen molar-refractivity contribution in [3.8, 4) is 23.0 Å². The highest BCUT2D eigenvalue weighted by Gasteiger charge is 2.68. The van der Waals surface area contributed by atoms with Crippen LogP contribution >= 0.6 is 19.4 Å². The molecule has 5 aromatic rings. The van der Waals surface area contributed by atoms with Crippen LogP contribution in [-0.4, -0.2) is 96.5 Å². The van der Waals surface area contributed by atoms with Crippen LogP contribution in [0.2, 0.25) is 5.02 Å². The Bertz CT molecular complexity index is 3220. The number of carbonyl (C=O) groups excluding carboxylic acids is 1. The molecule has 1 amide bonds. The maximum absolute atomic E-state index is 15.6. The van der Waals surface area contributed by atoms with Gasteiger partial charge in [-0.25, -0.2) is 31.1 Å². The van der Waals surface area contributed by atoms with Crippen LogP contribution in [0, 0.1) is 29.4 Å². The summed E-state index contributed by atoms with van der Waals surface area (Å²) in [5.41, 5.74) is -5.69. The summed E-state index contributed by atoms with van der Waals surface area (Å²) in [5, 5.41) is 9.39. The number of rotatable bonds is 18. The molecular weight excluding hydrogens is 1080 g/mol. The minimum absolute atomic E-state index is 0.208. The van der Waals surface area contributed by atoms with Crippen LogP contribution in [0.4, 0.5) is 43.9 Å². The Hall–Kier alpha value is -4.98. The van der Waals surface area contributed by atoms with Gasteiger partial charge in [-0.3, -0.25) is 31.9 Å². The van der Waals surface area contributed by atoms with E-state index in [0.29, 0.717) is 15.1 Å². The molecule has 2 aliphatic carbocycles. The summed E-state index contributed by atoms with van der Waals surface area (Å²) in [7, 11) is -6.05. The number of pyridine rings is 1. The van der Waals surface area contributed by atoms with Crippen LogP contribution < -0.4 is 5.32 Å². The zero-order chi connectivity index (χ0) is 54.0. The van der Waals surface area contributed by atoms with E-state index in [4.69, 9.17) is 16.1 Å². The number of benzene rings is 2. The van der Waals surface area contributed by atoms with Gasteiger partial charge in [0.1, 0.15) is 40.9 Å². The molecule has 4 atom stereocenters. The van der Waals surface area contributed by atoms with Crippen LogP contribution in [-0.2, 0) is 82.2 Å². The molecular formula is C43H40ClF10N7O9PS2-. The molecule has 1 fully saturated rings. The number of halogens is 11. The number of amides is 1. The van der Waals surface area contributed by atoms with Gasteiger partial charge in [0.05, 0.1) is 41.1 Å². The molecule has 0 bridgehead atoms.